The van der Waals surface area contributed by atoms with Crippen LogP contribution < -0.4 is 0 Å². The molecule has 0 saturated carbocycles. The van der Waals surface area contributed by atoms with Crippen molar-refractivity contribution in [2.45, 2.75) is 0 Å². The van der Waals surface area contributed by atoms with Gasteiger partial charge < -0.3 is 0 Å². The molecule has 0 aliphatic heterocycles. The first-order valence-electron chi connectivity index (χ1n) is 3.09. The fourth-order valence-electron chi connectivity index (χ4n) is 0.643. The van der Waals surface area contributed by atoms with Gasteiger partial charge in [-0.1, -0.05) is 12.1 Å². The molecule has 1 radical (unpaired) electrons. The lowest BCUT2D eigenvalue weighted by Gasteiger charge is -1.86. The molecule has 0 aliphatic carbocycles. The second kappa shape index (κ2) is 3.80. The lowest BCUT2D eigenvalue weighted by atomic mass is 10.3. The molecule has 0 amide bonds. The van der Waals surface area contributed by atoms with Crippen LogP contribution in [0, 0.1) is 0 Å². The van der Waals surface area contributed by atoms with E-state index in [1.54, 1.807) is 18.3 Å². The number of nitrogens with zero attached hydrogens (tertiary/aromatic N) is 1. The van der Waals surface area contributed by atoms with Crippen LogP contribution in [-0.4, -0.2) is 11.6 Å². The molecule has 0 aromatic carbocycles. The molecule has 10 heavy (non-hydrogen) atoms. The van der Waals surface area contributed by atoms with Crippen LogP contribution in [-0.2, 0) is 5.11 Å². The van der Waals surface area contributed by atoms with Crippen molar-refractivity contribution in [3.05, 3.63) is 36.2 Å². The van der Waals surface area contributed by atoms with Crippen LogP contribution in [0.15, 0.2) is 30.5 Å². The highest BCUT2D eigenvalue weighted by Gasteiger charge is 1.81. The minimum absolute atomic E-state index is 0.184. The Morgan fingerprint density at radius 1 is 1.50 bits per heavy atom. The van der Waals surface area contributed by atoms with Gasteiger partial charge in [0.25, 0.3) is 0 Å². The Balaban J connectivity index is 2.67. The van der Waals surface area contributed by atoms with Crippen molar-refractivity contribution in [3.8, 4) is 0 Å². The Morgan fingerprint density at radius 3 is 3.00 bits per heavy atom. The standard InChI is InChI=1S/C8H8NO/c10-7-3-5-8-4-1-2-6-9-8/h1-6H,7H2. The Labute approximate surface area is 59.9 Å². The van der Waals surface area contributed by atoms with Crippen LogP contribution in [0.3, 0.4) is 0 Å². The van der Waals surface area contributed by atoms with Crippen molar-refractivity contribution in [1.29, 1.82) is 0 Å². The quantitative estimate of drug-likeness (QED) is 0.603. The van der Waals surface area contributed by atoms with Gasteiger partial charge in [0.1, 0.15) is 6.61 Å². The van der Waals surface area contributed by atoms with E-state index in [-0.39, 0.29) is 6.61 Å². The summed E-state index contributed by atoms with van der Waals surface area (Å²) in [5, 5.41) is 9.99. The SMILES string of the molecule is [O]CC=Cc1ccccn1. The van der Waals surface area contributed by atoms with Crippen LogP contribution >= 0.6 is 0 Å². The Hall–Kier alpha value is -1.15. The van der Waals surface area contributed by atoms with Gasteiger partial charge in [0.05, 0.1) is 5.69 Å². The predicted molar refractivity (Wildman–Crippen MR) is 38.8 cm³/mol. The van der Waals surface area contributed by atoms with E-state index in [0.29, 0.717) is 0 Å². The summed E-state index contributed by atoms with van der Waals surface area (Å²) in [5.74, 6) is 0. The van der Waals surface area contributed by atoms with Gasteiger partial charge in [-0.25, -0.2) is 5.11 Å². The first-order chi connectivity index (χ1) is 4.93. The van der Waals surface area contributed by atoms with E-state index in [0.717, 1.165) is 5.69 Å². The topological polar surface area (TPSA) is 32.8 Å². The lowest BCUT2D eigenvalue weighted by Crippen LogP contribution is -1.76. The van der Waals surface area contributed by atoms with Crippen molar-refractivity contribution in [3.63, 3.8) is 0 Å². The Bertz CT molecular complexity index is 206. The van der Waals surface area contributed by atoms with E-state index in [4.69, 9.17) is 0 Å². The maximum atomic E-state index is 9.99. The molecule has 0 unspecified atom stereocenters. The highest BCUT2D eigenvalue weighted by Crippen LogP contribution is 1.94. The molecule has 1 rings (SSSR count). The summed E-state index contributed by atoms with van der Waals surface area (Å²) in [6.45, 7) is -0.184. The van der Waals surface area contributed by atoms with Crippen LogP contribution in [0.5, 0.6) is 0 Å². The molecular formula is C8H8NO. The van der Waals surface area contributed by atoms with Gasteiger partial charge in [-0.15, -0.1) is 0 Å². The molecule has 0 saturated heterocycles. The molecule has 1 aromatic heterocycles. The van der Waals surface area contributed by atoms with E-state index in [1.165, 1.54) is 0 Å². The minimum Gasteiger partial charge on any atom is -0.257 e. The van der Waals surface area contributed by atoms with Gasteiger partial charge in [0.2, 0.25) is 0 Å². The van der Waals surface area contributed by atoms with Crippen molar-refractivity contribution < 1.29 is 5.11 Å². The van der Waals surface area contributed by atoms with E-state index in [2.05, 4.69) is 4.98 Å². The number of aromatic nitrogens is 1. The van der Waals surface area contributed by atoms with Gasteiger partial charge in [0, 0.05) is 6.20 Å². The largest absolute Gasteiger partial charge is 0.257 e. The Morgan fingerprint density at radius 2 is 2.40 bits per heavy atom. The molecule has 0 aliphatic rings. The first kappa shape index (κ1) is 6.96. The predicted octanol–water partition coefficient (Wildman–Crippen LogP) is 1.53. The summed E-state index contributed by atoms with van der Waals surface area (Å²) in [7, 11) is 0. The second-order valence-corrected chi connectivity index (χ2v) is 1.82. The summed E-state index contributed by atoms with van der Waals surface area (Å²) in [6.07, 6.45) is 4.96. The highest BCUT2D eigenvalue weighted by molar-refractivity contribution is 5.43. The number of pyridine rings is 1. The van der Waals surface area contributed by atoms with E-state index in [1.807, 2.05) is 18.2 Å². The normalized spacial score (nSPS) is 10.5. The van der Waals surface area contributed by atoms with Gasteiger partial charge in [-0.3, -0.25) is 4.98 Å². The smallest absolute Gasteiger partial charge is 0.101 e. The zero-order chi connectivity index (χ0) is 7.23. The zero-order valence-corrected chi connectivity index (χ0v) is 5.53. The average molecular weight is 134 g/mol. The second-order valence-electron chi connectivity index (χ2n) is 1.82. The van der Waals surface area contributed by atoms with Gasteiger partial charge in [-0.2, -0.15) is 0 Å². The summed E-state index contributed by atoms with van der Waals surface area (Å²) in [5.41, 5.74) is 0.832. The number of hydrogen-bond acceptors (Lipinski definition) is 1. The molecule has 0 bridgehead atoms. The fraction of sp³-hybridized carbons (Fsp3) is 0.125. The molecule has 0 atom stereocenters. The number of hydrogen-bond donors (Lipinski definition) is 0. The third-order valence-electron chi connectivity index (χ3n) is 1.07. The summed E-state index contributed by atoms with van der Waals surface area (Å²) >= 11 is 0. The van der Waals surface area contributed by atoms with E-state index in [9.17, 15) is 5.11 Å². The molecule has 2 nitrogen and oxygen atoms in total. The maximum absolute atomic E-state index is 9.99. The molecule has 2 heteroatoms. The lowest BCUT2D eigenvalue weighted by molar-refractivity contribution is 0.233. The van der Waals surface area contributed by atoms with E-state index >= 15 is 0 Å². The van der Waals surface area contributed by atoms with Crippen LogP contribution in [0.4, 0.5) is 0 Å². The fourth-order valence-corrected chi connectivity index (χ4v) is 0.643. The molecular weight excluding hydrogens is 126 g/mol. The third kappa shape index (κ3) is 1.99. The molecule has 0 fully saturated rings. The molecule has 1 heterocycles. The summed E-state index contributed by atoms with van der Waals surface area (Å²) in [6, 6.07) is 5.58. The van der Waals surface area contributed by atoms with Gasteiger partial charge in [0.15, 0.2) is 0 Å². The monoisotopic (exact) mass is 134 g/mol. The maximum Gasteiger partial charge on any atom is 0.101 e. The number of rotatable bonds is 2. The van der Waals surface area contributed by atoms with Crippen LogP contribution in [0.1, 0.15) is 5.69 Å². The van der Waals surface area contributed by atoms with Crippen molar-refractivity contribution in [1.82, 2.24) is 4.98 Å². The highest BCUT2D eigenvalue weighted by atomic mass is 16.2. The molecule has 0 spiro atoms. The van der Waals surface area contributed by atoms with Crippen LogP contribution in [0.25, 0.3) is 6.08 Å². The molecule has 1 aromatic rings. The van der Waals surface area contributed by atoms with Crippen LogP contribution in [0.2, 0.25) is 0 Å². The zero-order valence-electron chi connectivity index (χ0n) is 5.53. The van der Waals surface area contributed by atoms with Crippen molar-refractivity contribution >= 4 is 6.08 Å². The third-order valence-corrected chi connectivity index (χ3v) is 1.07. The first-order valence-corrected chi connectivity index (χ1v) is 3.09. The molecule has 0 N–H and O–H groups in total. The molecule has 51 valence electrons. The minimum atomic E-state index is -0.184. The van der Waals surface area contributed by atoms with E-state index < -0.39 is 0 Å². The van der Waals surface area contributed by atoms with Crippen molar-refractivity contribution in [2.75, 3.05) is 6.61 Å². The average Bonchev–Trinajstić information content (AvgIpc) is 2.03. The van der Waals surface area contributed by atoms with Gasteiger partial charge >= 0.3 is 0 Å². The Kier molecular flexibility index (Phi) is 2.64. The van der Waals surface area contributed by atoms with Crippen molar-refractivity contribution in [2.24, 2.45) is 0 Å². The summed E-state index contributed by atoms with van der Waals surface area (Å²) in [4.78, 5) is 3.99. The summed E-state index contributed by atoms with van der Waals surface area (Å²) < 4.78 is 0. The van der Waals surface area contributed by atoms with Gasteiger partial charge in [-0.05, 0) is 18.2 Å².